The normalized spacial score (nSPS) is 29.0. The van der Waals surface area contributed by atoms with Gasteiger partial charge in [0.15, 0.2) is 0 Å². The Morgan fingerprint density at radius 1 is 1.43 bits per heavy atom. The average Bonchev–Trinajstić information content (AvgIpc) is 2.59. The largest absolute Gasteiger partial charge is 0.347 e. The van der Waals surface area contributed by atoms with Gasteiger partial charge in [0.05, 0.1) is 5.92 Å². The summed E-state index contributed by atoms with van der Waals surface area (Å²) in [6.45, 7) is 1.53. The first-order valence-corrected chi connectivity index (χ1v) is 4.73. The van der Waals surface area contributed by atoms with Gasteiger partial charge in [0, 0.05) is 25.0 Å². The Morgan fingerprint density at radius 2 is 2.36 bits per heavy atom. The molecule has 1 saturated heterocycles. The Bertz CT molecular complexity index is 381. The van der Waals surface area contributed by atoms with Crippen LogP contribution in [0.2, 0.25) is 0 Å². The van der Waals surface area contributed by atoms with Crippen LogP contribution < -0.4 is 10.9 Å². The number of carbonyl (C=O) groups excluding carboxylic acids is 1. The second kappa shape index (κ2) is 2.72. The minimum atomic E-state index is 0.0265. The summed E-state index contributed by atoms with van der Waals surface area (Å²) in [4.78, 5) is 13.7. The maximum atomic E-state index is 11.5. The third-order valence-corrected chi connectivity index (χ3v) is 2.88. The summed E-state index contributed by atoms with van der Waals surface area (Å²) >= 11 is 0. The molecule has 0 spiro atoms. The number of amides is 1. The van der Waals surface area contributed by atoms with Crippen molar-refractivity contribution in [3.63, 3.8) is 0 Å². The van der Waals surface area contributed by atoms with Crippen LogP contribution in [-0.4, -0.2) is 23.9 Å². The third-order valence-electron chi connectivity index (χ3n) is 2.88. The van der Waals surface area contributed by atoms with Crippen molar-refractivity contribution in [2.75, 3.05) is 13.1 Å². The molecule has 3 aliphatic rings. The van der Waals surface area contributed by atoms with Crippen LogP contribution in [0.15, 0.2) is 35.7 Å². The topological polar surface area (TPSA) is 44.4 Å². The zero-order valence-electron chi connectivity index (χ0n) is 7.66. The van der Waals surface area contributed by atoms with E-state index in [1.165, 1.54) is 11.3 Å². The van der Waals surface area contributed by atoms with Crippen LogP contribution in [0, 0.1) is 5.92 Å². The van der Waals surface area contributed by atoms with Gasteiger partial charge in [-0.15, -0.1) is 0 Å². The SMILES string of the molecule is O=C1NNCC2=C3C=CC=CN3CC12. The van der Waals surface area contributed by atoms with Crippen LogP contribution in [0.3, 0.4) is 0 Å². The van der Waals surface area contributed by atoms with E-state index in [4.69, 9.17) is 0 Å². The third kappa shape index (κ3) is 0.943. The minimum absolute atomic E-state index is 0.0265. The standard InChI is InChI=1S/C10H11N3O/c14-10-8-6-13-4-2-1-3-9(13)7(8)5-11-12-10/h1-4,8,11H,5-6H2,(H,12,14). The number of nitrogens with zero attached hydrogens (tertiary/aromatic N) is 1. The molecule has 0 saturated carbocycles. The zero-order valence-corrected chi connectivity index (χ0v) is 7.66. The molecule has 1 fully saturated rings. The second-order valence-electron chi connectivity index (χ2n) is 3.66. The van der Waals surface area contributed by atoms with Gasteiger partial charge in [-0.1, -0.05) is 6.08 Å². The summed E-state index contributed by atoms with van der Waals surface area (Å²) in [7, 11) is 0. The molecule has 0 aliphatic carbocycles. The summed E-state index contributed by atoms with van der Waals surface area (Å²) in [5.41, 5.74) is 7.95. The quantitative estimate of drug-likeness (QED) is 0.559. The molecule has 3 heterocycles. The predicted octanol–water partition coefficient (Wildman–Crippen LogP) is -0.110. The first-order valence-electron chi connectivity index (χ1n) is 4.73. The number of hydrogen-bond acceptors (Lipinski definition) is 3. The number of allylic oxidation sites excluding steroid dienone is 3. The number of hydrogen-bond donors (Lipinski definition) is 2. The highest BCUT2D eigenvalue weighted by Crippen LogP contribution is 2.31. The molecule has 1 unspecified atom stereocenters. The van der Waals surface area contributed by atoms with Crippen molar-refractivity contribution in [2.45, 2.75) is 0 Å². The molecule has 0 aromatic carbocycles. The molecular weight excluding hydrogens is 178 g/mol. The van der Waals surface area contributed by atoms with Crippen molar-refractivity contribution < 1.29 is 4.79 Å². The van der Waals surface area contributed by atoms with Crippen molar-refractivity contribution in [3.05, 3.63) is 35.7 Å². The van der Waals surface area contributed by atoms with Gasteiger partial charge >= 0.3 is 0 Å². The number of fused-ring (bicyclic) bond motifs is 2. The van der Waals surface area contributed by atoms with Crippen LogP contribution in [0.5, 0.6) is 0 Å². The highest BCUT2D eigenvalue weighted by molar-refractivity contribution is 5.84. The first kappa shape index (κ1) is 7.82. The molecule has 72 valence electrons. The van der Waals surface area contributed by atoms with E-state index >= 15 is 0 Å². The van der Waals surface area contributed by atoms with Gasteiger partial charge in [-0.3, -0.25) is 10.2 Å². The smallest absolute Gasteiger partial charge is 0.243 e. The van der Waals surface area contributed by atoms with Gasteiger partial charge in [0.25, 0.3) is 0 Å². The highest BCUT2D eigenvalue weighted by Gasteiger charge is 2.36. The van der Waals surface area contributed by atoms with Crippen molar-refractivity contribution in [1.29, 1.82) is 0 Å². The monoisotopic (exact) mass is 189 g/mol. The fourth-order valence-electron chi connectivity index (χ4n) is 2.18. The van der Waals surface area contributed by atoms with Crippen LogP contribution in [-0.2, 0) is 4.79 Å². The van der Waals surface area contributed by atoms with E-state index in [0.29, 0.717) is 0 Å². The fourth-order valence-corrected chi connectivity index (χ4v) is 2.18. The number of nitrogens with one attached hydrogen (secondary N) is 2. The van der Waals surface area contributed by atoms with Gasteiger partial charge in [-0.2, -0.15) is 0 Å². The van der Waals surface area contributed by atoms with E-state index in [-0.39, 0.29) is 11.8 Å². The van der Waals surface area contributed by atoms with E-state index in [0.717, 1.165) is 13.1 Å². The Balaban J connectivity index is 2.04. The molecule has 0 bridgehead atoms. The van der Waals surface area contributed by atoms with Gasteiger partial charge < -0.3 is 4.90 Å². The maximum Gasteiger partial charge on any atom is 0.243 e. The predicted molar refractivity (Wildman–Crippen MR) is 51.6 cm³/mol. The zero-order chi connectivity index (χ0) is 9.54. The molecule has 1 atom stereocenters. The lowest BCUT2D eigenvalue weighted by Crippen LogP contribution is -2.49. The molecule has 4 nitrogen and oxygen atoms in total. The Morgan fingerprint density at radius 3 is 3.29 bits per heavy atom. The van der Waals surface area contributed by atoms with E-state index < -0.39 is 0 Å². The summed E-state index contributed by atoms with van der Waals surface area (Å²) in [5, 5.41) is 0. The molecule has 0 aromatic heterocycles. The number of hydrazine groups is 1. The Kier molecular flexibility index (Phi) is 1.52. The van der Waals surface area contributed by atoms with Gasteiger partial charge in [-0.25, -0.2) is 5.43 Å². The van der Waals surface area contributed by atoms with Crippen molar-refractivity contribution in [1.82, 2.24) is 15.8 Å². The minimum Gasteiger partial charge on any atom is -0.347 e. The second-order valence-corrected chi connectivity index (χ2v) is 3.66. The lowest BCUT2D eigenvalue weighted by atomic mass is 9.98. The average molecular weight is 189 g/mol. The van der Waals surface area contributed by atoms with Crippen LogP contribution >= 0.6 is 0 Å². The van der Waals surface area contributed by atoms with E-state index in [9.17, 15) is 4.79 Å². The number of rotatable bonds is 0. The first-order chi connectivity index (χ1) is 6.86. The van der Waals surface area contributed by atoms with Gasteiger partial charge in [0.1, 0.15) is 0 Å². The maximum absolute atomic E-state index is 11.5. The summed E-state index contributed by atoms with van der Waals surface area (Å²) in [6, 6.07) is 0. The lowest BCUT2D eigenvalue weighted by molar-refractivity contribution is -0.125. The Labute approximate surface area is 81.9 Å². The molecule has 14 heavy (non-hydrogen) atoms. The highest BCUT2D eigenvalue weighted by atomic mass is 16.2. The van der Waals surface area contributed by atoms with E-state index in [1.807, 2.05) is 18.4 Å². The molecule has 2 N–H and O–H groups in total. The molecule has 0 radical (unpaired) electrons. The van der Waals surface area contributed by atoms with Crippen molar-refractivity contribution in [3.8, 4) is 0 Å². The van der Waals surface area contributed by atoms with E-state index in [2.05, 4.69) is 21.8 Å². The fraction of sp³-hybridized carbons (Fsp3) is 0.300. The van der Waals surface area contributed by atoms with Crippen molar-refractivity contribution in [2.24, 2.45) is 5.92 Å². The molecule has 3 rings (SSSR count). The summed E-state index contributed by atoms with van der Waals surface area (Å²) in [5.74, 6) is 0.105. The van der Waals surface area contributed by atoms with Gasteiger partial charge in [-0.05, 0) is 17.7 Å². The molecular formula is C10H11N3O. The Hall–Kier alpha value is -1.55. The molecule has 1 amide bonds. The molecule has 3 aliphatic heterocycles. The van der Waals surface area contributed by atoms with Crippen molar-refractivity contribution >= 4 is 5.91 Å². The summed E-state index contributed by atoms with van der Waals surface area (Å²) in [6.07, 6.45) is 8.09. The van der Waals surface area contributed by atoms with Crippen LogP contribution in [0.4, 0.5) is 0 Å². The molecule has 4 heteroatoms. The van der Waals surface area contributed by atoms with E-state index in [1.54, 1.807) is 0 Å². The lowest BCUT2D eigenvalue weighted by Gasteiger charge is -2.20. The molecule has 0 aromatic rings. The summed E-state index contributed by atoms with van der Waals surface area (Å²) < 4.78 is 0. The van der Waals surface area contributed by atoms with Crippen LogP contribution in [0.25, 0.3) is 0 Å². The number of carbonyl (C=O) groups is 1. The van der Waals surface area contributed by atoms with Gasteiger partial charge in [0.2, 0.25) is 5.91 Å². The van der Waals surface area contributed by atoms with Crippen LogP contribution in [0.1, 0.15) is 0 Å².